The lowest BCUT2D eigenvalue weighted by Gasteiger charge is -2.08. The highest BCUT2D eigenvalue weighted by Gasteiger charge is 2.17. The average molecular weight is 388 g/mol. The lowest BCUT2D eigenvalue weighted by molar-refractivity contribution is 0.617. The smallest absolute Gasteiger partial charge is 0.158 e. The number of hydrogen-bond donors (Lipinski definition) is 0. The molecule has 3 aromatic heterocycles. The Morgan fingerprint density at radius 3 is 2.81 bits per heavy atom. The van der Waals surface area contributed by atoms with Crippen molar-refractivity contribution < 1.29 is 0 Å². The van der Waals surface area contributed by atoms with Crippen molar-refractivity contribution in [1.29, 1.82) is 0 Å². The summed E-state index contributed by atoms with van der Waals surface area (Å²) in [7, 11) is 0. The highest BCUT2D eigenvalue weighted by atomic mass is 79.9. The Morgan fingerprint density at radius 1 is 1.38 bits per heavy atom. The molecule has 3 heterocycles. The van der Waals surface area contributed by atoms with Gasteiger partial charge in [0.25, 0.3) is 0 Å². The first kappa shape index (κ1) is 15.1. The van der Waals surface area contributed by atoms with E-state index >= 15 is 0 Å². The van der Waals surface area contributed by atoms with Crippen molar-refractivity contribution in [2.24, 2.45) is 0 Å². The molecule has 0 saturated heterocycles. The van der Waals surface area contributed by atoms with Crippen molar-refractivity contribution in [2.75, 3.05) is 0 Å². The van der Waals surface area contributed by atoms with Crippen LogP contribution in [-0.2, 0) is 25.4 Å². The Labute approximate surface area is 140 Å². The van der Waals surface area contributed by atoms with Crippen LogP contribution in [0.1, 0.15) is 23.3 Å². The second-order valence-corrected chi connectivity index (χ2v) is 7.66. The fourth-order valence-electron chi connectivity index (χ4n) is 2.54. The van der Waals surface area contributed by atoms with E-state index < -0.39 is 0 Å². The molecule has 3 rings (SSSR count). The number of aryl methyl sites for hydroxylation is 4. The molecular weight excluding hydrogens is 372 g/mol. The van der Waals surface area contributed by atoms with Gasteiger partial charge in [-0.05, 0) is 48.3 Å². The molecule has 0 unspecified atom stereocenters. The summed E-state index contributed by atoms with van der Waals surface area (Å²) in [5, 5.41) is 4.55. The molecule has 112 valence electrons. The lowest BCUT2D eigenvalue weighted by atomic mass is 10.3. The lowest BCUT2D eigenvalue weighted by Crippen LogP contribution is -2.09. The van der Waals surface area contributed by atoms with Crippen LogP contribution in [0.3, 0.4) is 0 Å². The molecule has 0 aliphatic heterocycles. The summed E-state index contributed by atoms with van der Waals surface area (Å²) in [6, 6.07) is 4.25. The fourth-order valence-corrected chi connectivity index (χ4v) is 4.21. The van der Waals surface area contributed by atoms with Crippen LogP contribution in [0.15, 0.2) is 15.9 Å². The van der Waals surface area contributed by atoms with E-state index in [0.717, 1.165) is 42.2 Å². The topological polar surface area (TPSA) is 35.6 Å². The minimum Gasteiger partial charge on any atom is -0.312 e. The molecule has 4 nitrogen and oxygen atoms in total. The SMILES string of the molecule is CCn1nc(C)c2nc(CCl)n(CCc3ccc(Br)s3)c21. The van der Waals surface area contributed by atoms with E-state index in [1.807, 2.05) is 11.6 Å². The predicted octanol–water partition coefficient (Wildman–Crippen LogP) is 4.37. The van der Waals surface area contributed by atoms with Gasteiger partial charge in [-0.25, -0.2) is 9.67 Å². The van der Waals surface area contributed by atoms with Crippen molar-refractivity contribution in [3.05, 3.63) is 32.3 Å². The molecule has 21 heavy (non-hydrogen) atoms. The van der Waals surface area contributed by atoms with Gasteiger partial charge in [-0.15, -0.1) is 22.9 Å². The van der Waals surface area contributed by atoms with Gasteiger partial charge in [0.15, 0.2) is 5.65 Å². The minimum atomic E-state index is 0.423. The second-order valence-electron chi connectivity index (χ2n) is 4.84. The van der Waals surface area contributed by atoms with Gasteiger partial charge in [0.05, 0.1) is 15.4 Å². The van der Waals surface area contributed by atoms with Gasteiger partial charge in [0.1, 0.15) is 11.3 Å². The van der Waals surface area contributed by atoms with Gasteiger partial charge in [-0.3, -0.25) is 0 Å². The third-order valence-corrected chi connectivity index (χ3v) is 5.43. The molecule has 0 saturated carbocycles. The monoisotopic (exact) mass is 386 g/mol. The second kappa shape index (κ2) is 6.10. The third kappa shape index (κ3) is 2.76. The maximum atomic E-state index is 6.08. The van der Waals surface area contributed by atoms with E-state index in [1.54, 1.807) is 11.3 Å². The summed E-state index contributed by atoms with van der Waals surface area (Å²) in [6.07, 6.45) is 0.972. The summed E-state index contributed by atoms with van der Waals surface area (Å²) in [5.41, 5.74) is 3.02. The van der Waals surface area contributed by atoms with Crippen LogP contribution in [-0.4, -0.2) is 19.3 Å². The van der Waals surface area contributed by atoms with Crippen molar-refractivity contribution >= 4 is 50.0 Å². The molecule has 0 N–H and O–H groups in total. The first-order valence-corrected chi connectivity index (χ1v) is 9.01. The molecule has 0 aromatic carbocycles. The van der Waals surface area contributed by atoms with E-state index in [2.05, 4.69) is 49.6 Å². The third-order valence-electron chi connectivity index (χ3n) is 3.51. The Kier molecular flexibility index (Phi) is 4.38. The molecule has 0 bridgehead atoms. The first-order chi connectivity index (χ1) is 10.1. The molecule has 0 fully saturated rings. The highest BCUT2D eigenvalue weighted by molar-refractivity contribution is 9.11. The highest BCUT2D eigenvalue weighted by Crippen LogP contribution is 2.25. The number of alkyl halides is 1. The average Bonchev–Trinajstić information content (AvgIpc) is 3.12. The normalized spacial score (nSPS) is 11.6. The fraction of sp³-hybridized carbons (Fsp3) is 0.429. The largest absolute Gasteiger partial charge is 0.312 e. The summed E-state index contributed by atoms with van der Waals surface area (Å²) >= 11 is 11.4. The van der Waals surface area contributed by atoms with Crippen molar-refractivity contribution in [3.63, 3.8) is 0 Å². The molecular formula is C14H16BrClN4S. The van der Waals surface area contributed by atoms with E-state index in [0.29, 0.717) is 5.88 Å². The van der Waals surface area contributed by atoms with Gasteiger partial charge in [-0.2, -0.15) is 5.10 Å². The molecule has 0 atom stereocenters. The van der Waals surface area contributed by atoms with E-state index in [1.165, 1.54) is 8.66 Å². The van der Waals surface area contributed by atoms with Crippen LogP contribution in [0.2, 0.25) is 0 Å². The molecule has 0 amide bonds. The Bertz CT molecular complexity index is 773. The number of nitrogens with zero attached hydrogens (tertiary/aromatic N) is 4. The van der Waals surface area contributed by atoms with Crippen LogP contribution < -0.4 is 0 Å². The van der Waals surface area contributed by atoms with Crippen LogP contribution >= 0.6 is 38.9 Å². The molecule has 0 aliphatic carbocycles. The maximum absolute atomic E-state index is 6.08. The van der Waals surface area contributed by atoms with Crippen molar-refractivity contribution in [1.82, 2.24) is 19.3 Å². The maximum Gasteiger partial charge on any atom is 0.158 e. The van der Waals surface area contributed by atoms with Gasteiger partial charge in [0, 0.05) is 18.0 Å². The Balaban J connectivity index is 1.99. The molecule has 3 aromatic rings. The van der Waals surface area contributed by atoms with E-state index in [9.17, 15) is 0 Å². The quantitative estimate of drug-likeness (QED) is 0.610. The van der Waals surface area contributed by atoms with E-state index in [-0.39, 0.29) is 0 Å². The van der Waals surface area contributed by atoms with Gasteiger partial charge >= 0.3 is 0 Å². The summed E-state index contributed by atoms with van der Waals surface area (Å²) in [5.74, 6) is 1.34. The van der Waals surface area contributed by atoms with Crippen LogP contribution in [0.4, 0.5) is 0 Å². The number of aromatic nitrogens is 4. The van der Waals surface area contributed by atoms with Crippen LogP contribution in [0.5, 0.6) is 0 Å². The molecule has 0 aliphatic rings. The van der Waals surface area contributed by atoms with Crippen molar-refractivity contribution in [3.8, 4) is 0 Å². The van der Waals surface area contributed by atoms with Crippen molar-refractivity contribution in [2.45, 2.75) is 39.2 Å². The zero-order chi connectivity index (χ0) is 15.0. The summed E-state index contributed by atoms with van der Waals surface area (Å²) in [4.78, 5) is 6.01. The summed E-state index contributed by atoms with van der Waals surface area (Å²) < 4.78 is 5.39. The predicted molar refractivity (Wildman–Crippen MR) is 91.2 cm³/mol. The first-order valence-electron chi connectivity index (χ1n) is 6.86. The van der Waals surface area contributed by atoms with Gasteiger partial charge in [-0.1, -0.05) is 0 Å². The number of halogens is 2. The number of fused-ring (bicyclic) bond motifs is 1. The molecule has 0 spiro atoms. The number of imidazole rings is 1. The molecule has 0 radical (unpaired) electrons. The summed E-state index contributed by atoms with van der Waals surface area (Å²) in [6.45, 7) is 5.80. The van der Waals surface area contributed by atoms with Gasteiger partial charge < -0.3 is 4.57 Å². The zero-order valence-electron chi connectivity index (χ0n) is 11.9. The standard InChI is InChI=1S/C14H16BrClN4S/c1-3-20-14-13(9(2)18-20)17-12(8-16)19(14)7-6-10-4-5-11(15)21-10/h4-5H,3,6-8H2,1-2H3. The molecule has 7 heteroatoms. The minimum absolute atomic E-state index is 0.423. The van der Waals surface area contributed by atoms with E-state index in [4.69, 9.17) is 11.6 Å². The number of hydrogen-bond acceptors (Lipinski definition) is 3. The number of rotatable bonds is 5. The Hall–Kier alpha value is -0.850. The zero-order valence-corrected chi connectivity index (χ0v) is 15.1. The van der Waals surface area contributed by atoms with Gasteiger partial charge in [0.2, 0.25) is 0 Å². The number of thiophene rings is 1. The van der Waals surface area contributed by atoms with Crippen LogP contribution in [0, 0.1) is 6.92 Å². The van der Waals surface area contributed by atoms with Crippen LogP contribution in [0.25, 0.3) is 11.2 Å². The Morgan fingerprint density at radius 2 is 2.19 bits per heavy atom.